The Balaban J connectivity index is 2.17. The van der Waals surface area contributed by atoms with Crippen LogP contribution in [0.5, 0.6) is 0 Å². The van der Waals surface area contributed by atoms with E-state index < -0.39 is 0 Å². The first-order valence-corrected chi connectivity index (χ1v) is 6.22. The Bertz CT molecular complexity index is 411. The Labute approximate surface area is 102 Å². The zero-order valence-electron chi connectivity index (χ0n) is 9.97. The van der Waals surface area contributed by atoms with E-state index in [0.29, 0.717) is 6.42 Å². The summed E-state index contributed by atoms with van der Waals surface area (Å²) < 4.78 is 0. The van der Waals surface area contributed by atoms with Crippen LogP contribution in [0.4, 0.5) is 5.69 Å². The monoisotopic (exact) mass is 230 g/mol. The smallest absolute Gasteiger partial charge is 0.0810 e. The summed E-state index contributed by atoms with van der Waals surface area (Å²) in [4.78, 5) is 2.29. The van der Waals surface area contributed by atoms with Crippen molar-refractivity contribution in [3.63, 3.8) is 0 Å². The summed E-state index contributed by atoms with van der Waals surface area (Å²) in [6.07, 6.45) is 2.98. The van der Waals surface area contributed by atoms with Gasteiger partial charge in [-0.15, -0.1) is 0 Å². The number of fused-ring (bicyclic) bond motifs is 1. The average Bonchev–Trinajstić information content (AvgIpc) is 2.51. The van der Waals surface area contributed by atoms with Crippen molar-refractivity contribution < 1.29 is 5.11 Å². The predicted molar refractivity (Wildman–Crippen MR) is 67.7 cm³/mol. The number of unbranched alkanes of at least 4 members (excludes halogenated alkanes) is 1. The van der Waals surface area contributed by atoms with Crippen molar-refractivity contribution >= 4 is 5.69 Å². The highest BCUT2D eigenvalue weighted by Crippen LogP contribution is 2.32. The molecule has 1 aromatic rings. The number of aliphatic hydroxyl groups excluding tert-OH is 1. The normalized spacial score (nSPS) is 19.3. The van der Waals surface area contributed by atoms with Gasteiger partial charge in [-0.25, -0.2) is 0 Å². The molecule has 2 rings (SSSR count). The van der Waals surface area contributed by atoms with Gasteiger partial charge in [-0.1, -0.05) is 18.2 Å². The Kier molecular flexibility index (Phi) is 4.00. The number of rotatable bonds is 3. The maximum atomic E-state index is 10.1. The number of nitriles is 1. The topological polar surface area (TPSA) is 47.3 Å². The van der Waals surface area contributed by atoms with E-state index in [-0.39, 0.29) is 6.10 Å². The number of para-hydroxylation sites is 1. The number of nitrogens with zero attached hydrogens (tertiary/aromatic N) is 2. The minimum atomic E-state index is -0.341. The number of hydrogen-bond donors (Lipinski definition) is 1. The SMILES string of the molecule is N#CCCCN1CCCC(O)c2ccccc21. The van der Waals surface area contributed by atoms with Gasteiger partial charge >= 0.3 is 0 Å². The third kappa shape index (κ3) is 2.78. The van der Waals surface area contributed by atoms with Crippen LogP contribution in [0.1, 0.15) is 37.4 Å². The lowest BCUT2D eigenvalue weighted by molar-refractivity contribution is 0.168. The van der Waals surface area contributed by atoms with Gasteiger partial charge in [-0.05, 0) is 25.3 Å². The van der Waals surface area contributed by atoms with Crippen molar-refractivity contribution in [3.05, 3.63) is 29.8 Å². The fourth-order valence-corrected chi connectivity index (χ4v) is 2.39. The maximum Gasteiger partial charge on any atom is 0.0810 e. The molecule has 17 heavy (non-hydrogen) atoms. The lowest BCUT2D eigenvalue weighted by Gasteiger charge is -2.24. The van der Waals surface area contributed by atoms with Crippen molar-refractivity contribution in [2.75, 3.05) is 18.0 Å². The van der Waals surface area contributed by atoms with Gasteiger partial charge in [0.1, 0.15) is 0 Å². The summed E-state index contributed by atoms with van der Waals surface area (Å²) in [5, 5.41) is 18.6. The van der Waals surface area contributed by atoms with Crippen LogP contribution in [0, 0.1) is 11.3 Å². The molecule has 0 saturated heterocycles. The number of hydrogen-bond acceptors (Lipinski definition) is 3. The highest BCUT2D eigenvalue weighted by molar-refractivity contribution is 5.55. The molecule has 3 heteroatoms. The fraction of sp³-hybridized carbons (Fsp3) is 0.500. The summed E-state index contributed by atoms with van der Waals surface area (Å²) in [5.41, 5.74) is 2.16. The molecule has 1 aromatic carbocycles. The second-order valence-corrected chi connectivity index (χ2v) is 4.47. The van der Waals surface area contributed by atoms with E-state index in [1.165, 1.54) is 0 Å². The standard InChI is InChI=1S/C14H18N2O/c15-9-3-4-10-16-11-5-8-14(17)12-6-1-2-7-13(12)16/h1-2,6-7,14,17H,3-5,8,10-11H2. The minimum absolute atomic E-state index is 0.341. The molecule has 1 N–H and O–H groups in total. The van der Waals surface area contributed by atoms with Crippen LogP contribution >= 0.6 is 0 Å². The second kappa shape index (κ2) is 5.70. The Morgan fingerprint density at radius 2 is 2.24 bits per heavy atom. The lowest BCUT2D eigenvalue weighted by Crippen LogP contribution is -2.25. The van der Waals surface area contributed by atoms with Crippen LogP contribution in [0.3, 0.4) is 0 Å². The van der Waals surface area contributed by atoms with Gasteiger partial charge in [-0.3, -0.25) is 0 Å². The van der Waals surface area contributed by atoms with Crippen LogP contribution in [0.15, 0.2) is 24.3 Å². The van der Waals surface area contributed by atoms with Gasteiger partial charge in [0, 0.05) is 30.8 Å². The van der Waals surface area contributed by atoms with Crippen molar-refractivity contribution in [2.45, 2.75) is 31.8 Å². The molecular weight excluding hydrogens is 212 g/mol. The molecule has 90 valence electrons. The molecule has 0 aliphatic carbocycles. The van der Waals surface area contributed by atoms with E-state index in [4.69, 9.17) is 5.26 Å². The maximum absolute atomic E-state index is 10.1. The summed E-state index contributed by atoms with van der Waals surface area (Å²) in [6, 6.07) is 10.2. The van der Waals surface area contributed by atoms with E-state index in [2.05, 4.69) is 17.0 Å². The fourth-order valence-electron chi connectivity index (χ4n) is 2.39. The van der Waals surface area contributed by atoms with Gasteiger partial charge in [0.15, 0.2) is 0 Å². The third-order valence-electron chi connectivity index (χ3n) is 3.26. The molecule has 0 aromatic heterocycles. The van der Waals surface area contributed by atoms with Crippen LogP contribution < -0.4 is 4.90 Å². The van der Waals surface area contributed by atoms with Gasteiger partial charge in [-0.2, -0.15) is 5.26 Å². The Morgan fingerprint density at radius 1 is 1.41 bits per heavy atom. The molecule has 0 bridgehead atoms. The van der Waals surface area contributed by atoms with E-state index in [1.807, 2.05) is 18.2 Å². The summed E-state index contributed by atoms with van der Waals surface area (Å²) in [5.74, 6) is 0. The van der Waals surface area contributed by atoms with Crippen LogP contribution in [0.25, 0.3) is 0 Å². The van der Waals surface area contributed by atoms with Crippen LogP contribution in [-0.4, -0.2) is 18.2 Å². The molecule has 0 fully saturated rings. The van der Waals surface area contributed by atoms with Crippen molar-refractivity contribution in [2.24, 2.45) is 0 Å². The van der Waals surface area contributed by atoms with Crippen molar-refractivity contribution in [1.29, 1.82) is 5.26 Å². The molecule has 3 nitrogen and oxygen atoms in total. The molecule has 1 aliphatic heterocycles. The first-order valence-electron chi connectivity index (χ1n) is 6.22. The number of anilines is 1. The molecule has 0 radical (unpaired) electrons. The molecule has 1 aliphatic rings. The van der Waals surface area contributed by atoms with E-state index in [0.717, 1.165) is 43.6 Å². The largest absolute Gasteiger partial charge is 0.388 e. The molecule has 1 heterocycles. The number of aliphatic hydroxyl groups is 1. The third-order valence-corrected chi connectivity index (χ3v) is 3.26. The Morgan fingerprint density at radius 3 is 3.06 bits per heavy atom. The summed E-state index contributed by atoms with van der Waals surface area (Å²) in [6.45, 7) is 1.87. The quantitative estimate of drug-likeness (QED) is 0.812. The van der Waals surface area contributed by atoms with Crippen LogP contribution in [-0.2, 0) is 0 Å². The lowest BCUT2D eigenvalue weighted by atomic mass is 10.0. The van der Waals surface area contributed by atoms with E-state index >= 15 is 0 Å². The molecule has 0 saturated carbocycles. The van der Waals surface area contributed by atoms with Crippen LogP contribution in [0.2, 0.25) is 0 Å². The predicted octanol–water partition coefficient (Wildman–Crippen LogP) is 2.62. The second-order valence-electron chi connectivity index (χ2n) is 4.47. The zero-order chi connectivity index (χ0) is 12.1. The van der Waals surface area contributed by atoms with Gasteiger partial charge < -0.3 is 10.0 Å². The highest BCUT2D eigenvalue weighted by atomic mass is 16.3. The number of benzene rings is 1. The first kappa shape index (κ1) is 11.9. The molecule has 1 atom stereocenters. The van der Waals surface area contributed by atoms with E-state index in [9.17, 15) is 5.11 Å². The molecule has 0 amide bonds. The first-order chi connectivity index (χ1) is 8.33. The average molecular weight is 230 g/mol. The minimum Gasteiger partial charge on any atom is -0.388 e. The molecule has 0 spiro atoms. The summed E-state index contributed by atoms with van der Waals surface area (Å²) in [7, 11) is 0. The van der Waals surface area contributed by atoms with Gasteiger partial charge in [0.25, 0.3) is 0 Å². The summed E-state index contributed by atoms with van der Waals surface area (Å²) >= 11 is 0. The zero-order valence-corrected chi connectivity index (χ0v) is 9.97. The molecule has 1 unspecified atom stereocenters. The van der Waals surface area contributed by atoms with Crippen molar-refractivity contribution in [1.82, 2.24) is 0 Å². The Hall–Kier alpha value is -1.53. The van der Waals surface area contributed by atoms with Gasteiger partial charge in [0.05, 0.1) is 12.2 Å². The van der Waals surface area contributed by atoms with Gasteiger partial charge in [0.2, 0.25) is 0 Å². The van der Waals surface area contributed by atoms with Crippen molar-refractivity contribution in [3.8, 4) is 6.07 Å². The molecular formula is C14H18N2O. The highest BCUT2D eigenvalue weighted by Gasteiger charge is 2.20. The van der Waals surface area contributed by atoms with E-state index in [1.54, 1.807) is 0 Å².